The van der Waals surface area contributed by atoms with Gasteiger partial charge in [0.25, 0.3) is 0 Å². The molecule has 0 aliphatic carbocycles. The molecule has 0 amide bonds. The Bertz CT molecular complexity index is 1820. The van der Waals surface area contributed by atoms with E-state index in [1.807, 2.05) is 0 Å². The normalized spacial score (nSPS) is 14.7. The van der Waals surface area contributed by atoms with Crippen molar-refractivity contribution in [1.82, 2.24) is 0 Å². The van der Waals surface area contributed by atoms with E-state index in [2.05, 4.69) is 48.5 Å². The van der Waals surface area contributed by atoms with Gasteiger partial charge in [-0.3, -0.25) is 37.3 Å². The molecule has 0 heterocycles. The molecular weight excluding hydrogens is 1220 g/mol. The van der Waals surface area contributed by atoms with Crippen molar-refractivity contribution >= 4 is 39.5 Å². The monoisotopic (exact) mass is 1370 g/mol. The third-order valence-electron chi connectivity index (χ3n) is 17.9. The van der Waals surface area contributed by atoms with E-state index < -0.39 is 97.5 Å². The fourth-order valence-electron chi connectivity index (χ4n) is 11.2. The highest BCUT2D eigenvalue weighted by molar-refractivity contribution is 7.47. The average molecular weight is 1370 g/mol. The predicted molar refractivity (Wildman–Crippen MR) is 377 cm³/mol. The van der Waals surface area contributed by atoms with Gasteiger partial charge in [0.05, 0.1) is 26.4 Å². The number of esters is 4. The van der Waals surface area contributed by atoms with Crippen LogP contribution in [-0.4, -0.2) is 96.7 Å². The second-order valence-corrected chi connectivity index (χ2v) is 30.6. The first-order valence-corrected chi connectivity index (χ1v) is 41.4. The van der Waals surface area contributed by atoms with Crippen LogP contribution in [0.25, 0.3) is 0 Å². The molecule has 3 N–H and O–H groups in total. The third kappa shape index (κ3) is 65.8. The molecule has 0 aromatic heterocycles. The van der Waals surface area contributed by atoms with Crippen LogP contribution >= 0.6 is 15.6 Å². The van der Waals surface area contributed by atoms with E-state index in [1.165, 1.54) is 173 Å². The predicted octanol–water partition coefficient (Wildman–Crippen LogP) is 21.4. The van der Waals surface area contributed by atoms with Crippen LogP contribution in [0.4, 0.5) is 0 Å². The Morgan fingerprint density at radius 2 is 0.548 bits per heavy atom. The van der Waals surface area contributed by atoms with Crippen molar-refractivity contribution in [3.63, 3.8) is 0 Å². The van der Waals surface area contributed by atoms with Crippen LogP contribution in [0.2, 0.25) is 0 Å². The summed E-state index contributed by atoms with van der Waals surface area (Å²) >= 11 is 0. The Morgan fingerprint density at radius 1 is 0.312 bits per heavy atom. The van der Waals surface area contributed by atoms with E-state index in [4.69, 9.17) is 37.0 Å². The number of carbonyl (C=O) groups is 4. The van der Waals surface area contributed by atoms with Crippen LogP contribution in [0.1, 0.15) is 376 Å². The highest BCUT2D eigenvalue weighted by Crippen LogP contribution is 2.45. The molecule has 552 valence electrons. The number of ether oxygens (including phenoxy) is 4. The van der Waals surface area contributed by atoms with Gasteiger partial charge < -0.3 is 33.8 Å². The number of aliphatic hydroxyl groups excluding tert-OH is 1. The van der Waals surface area contributed by atoms with Crippen LogP contribution in [0.5, 0.6) is 0 Å². The molecule has 93 heavy (non-hydrogen) atoms. The second kappa shape index (κ2) is 64.7. The van der Waals surface area contributed by atoms with Gasteiger partial charge in [0, 0.05) is 25.7 Å². The molecule has 7 atom stereocenters. The summed E-state index contributed by atoms with van der Waals surface area (Å²) in [5.74, 6) is 0.245. The molecule has 0 rings (SSSR count). The van der Waals surface area contributed by atoms with Crippen molar-refractivity contribution in [2.45, 2.75) is 394 Å². The zero-order valence-electron chi connectivity index (χ0n) is 60.7. The molecule has 0 bridgehead atoms. The van der Waals surface area contributed by atoms with Gasteiger partial charge in [-0.15, -0.1) is 0 Å². The van der Waals surface area contributed by atoms with E-state index >= 15 is 0 Å². The first-order valence-electron chi connectivity index (χ1n) is 38.4. The molecule has 0 aromatic rings. The largest absolute Gasteiger partial charge is 0.472 e. The minimum Gasteiger partial charge on any atom is -0.462 e. The molecule has 0 aliphatic rings. The Hall–Kier alpha value is -1.94. The number of carbonyl (C=O) groups excluding carboxylic acids is 4. The van der Waals surface area contributed by atoms with Crippen molar-refractivity contribution in [2.24, 2.45) is 17.8 Å². The van der Waals surface area contributed by atoms with Crippen molar-refractivity contribution in [3.8, 4) is 0 Å². The third-order valence-corrected chi connectivity index (χ3v) is 19.8. The fourth-order valence-corrected chi connectivity index (χ4v) is 12.8. The molecule has 17 nitrogen and oxygen atoms in total. The summed E-state index contributed by atoms with van der Waals surface area (Å²) in [6, 6.07) is 0. The standard InChI is InChI=1S/C74H144O17P2/c1-8-11-12-13-31-41-48-55-71(76)84-61-70(91-74(79)58-51-44-37-36-40-47-54-67(7)10-3)64-89-93(82,83)87-60-68(75)59-86-92(80,81)88-63-69(90-73(78)57-50-43-35-30-26-22-16-14-15-19-23-27-32-38-45-52-65(4)5)62-85-72(77)56-49-42-34-29-25-21-18-17-20-24-28-33-39-46-53-66(6)9-2/h65-70,75H,8-64H2,1-7H3,(H,80,81)(H,82,83)/t66?,67?,68-,69-,70-/m1/s1. The molecule has 0 aromatic carbocycles. The summed E-state index contributed by atoms with van der Waals surface area (Å²) in [4.78, 5) is 72.5. The zero-order chi connectivity index (χ0) is 68.7. The Morgan fingerprint density at radius 3 is 0.817 bits per heavy atom. The number of rotatable bonds is 72. The van der Waals surface area contributed by atoms with Crippen molar-refractivity contribution in [2.75, 3.05) is 39.6 Å². The minimum atomic E-state index is -4.96. The SMILES string of the molecule is CCCCCCCCCC(=O)OC[C@H](COP(=O)(O)OC[C@H](O)COP(=O)(O)OC[C@@H](COC(=O)CCCCCCCCCCCCCCCCC(C)CC)OC(=O)CCCCCCCCCCCCCCCCCC(C)C)OC(=O)CCCCCCCCC(C)CC. The lowest BCUT2D eigenvalue weighted by Crippen LogP contribution is -2.30. The van der Waals surface area contributed by atoms with E-state index in [0.717, 1.165) is 120 Å². The smallest absolute Gasteiger partial charge is 0.462 e. The van der Waals surface area contributed by atoms with Crippen LogP contribution in [0.15, 0.2) is 0 Å². The van der Waals surface area contributed by atoms with Crippen LogP contribution in [0.3, 0.4) is 0 Å². The van der Waals surface area contributed by atoms with Gasteiger partial charge in [-0.2, -0.15) is 0 Å². The molecule has 0 aliphatic heterocycles. The first-order chi connectivity index (χ1) is 44.8. The van der Waals surface area contributed by atoms with Gasteiger partial charge in [-0.25, -0.2) is 9.13 Å². The van der Waals surface area contributed by atoms with Crippen molar-refractivity contribution in [3.05, 3.63) is 0 Å². The Kier molecular flexibility index (Phi) is 63.4. The van der Waals surface area contributed by atoms with E-state index in [0.29, 0.717) is 25.7 Å². The Balaban J connectivity index is 5.19. The maximum atomic E-state index is 13.1. The molecule has 19 heteroatoms. The molecule has 0 radical (unpaired) electrons. The van der Waals surface area contributed by atoms with Crippen LogP contribution in [0, 0.1) is 17.8 Å². The quantitative estimate of drug-likeness (QED) is 0.0222. The summed E-state index contributed by atoms with van der Waals surface area (Å²) < 4.78 is 68.3. The van der Waals surface area contributed by atoms with E-state index in [-0.39, 0.29) is 25.7 Å². The fraction of sp³-hybridized carbons (Fsp3) is 0.946. The summed E-state index contributed by atoms with van der Waals surface area (Å²) in [5.41, 5.74) is 0. The van der Waals surface area contributed by atoms with Crippen molar-refractivity contribution in [1.29, 1.82) is 0 Å². The molecular formula is C74H144O17P2. The van der Waals surface area contributed by atoms with E-state index in [9.17, 15) is 43.2 Å². The van der Waals surface area contributed by atoms with Gasteiger partial charge >= 0.3 is 39.5 Å². The lowest BCUT2D eigenvalue weighted by molar-refractivity contribution is -0.161. The van der Waals surface area contributed by atoms with Gasteiger partial charge in [0.15, 0.2) is 12.2 Å². The van der Waals surface area contributed by atoms with Crippen LogP contribution in [-0.2, 0) is 65.4 Å². The lowest BCUT2D eigenvalue weighted by atomic mass is 9.99. The number of phosphoric acid groups is 2. The van der Waals surface area contributed by atoms with E-state index in [1.54, 1.807) is 0 Å². The second-order valence-electron chi connectivity index (χ2n) is 27.6. The van der Waals surface area contributed by atoms with Gasteiger partial charge in [-0.1, -0.05) is 325 Å². The van der Waals surface area contributed by atoms with Gasteiger partial charge in [-0.05, 0) is 43.4 Å². The highest BCUT2D eigenvalue weighted by Gasteiger charge is 2.30. The zero-order valence-corrected chi connectivity index (χ0v) is 62.5. The first kappa shape index (κ1) is 91.1. The number of hydrogen-bond acceptors (Lipinski definition) is 15. The minimum absolute atomic E-state index is 0.102. The number of hydrogen-bond donors (Lipinski definition) is 3. The summed E-state index contributed by atoms with van der Waals surface area (Å²) in [6.07, 6.45) is 50.1. The van der Waals surface area contributed by atoms with Gasteiger partial charge in [0.2, 0.25) is 0 Å². The summed E-state index contributed by atoms with van der Waals surface area (Å²) in [7, 11) is -9.90. The molecule has 4 unspecified atom stereocenters. The Labute approximate surface area is 568 Å². The maximum absolute atomic E-state index is 13.1. The average Bonchev–Trinajstić information content (AvgIpc) is 1.55. The summed E-state index contributed by atoms with van der Waals surface area (Å²) in [6.45, 7) is 11.9. The molecule has 0 spiro atoms. The van der Waals surface area contributed by atoms with Gasteiger partial charge in [0.1, 0.15) is 19.3 Å². The topological polar surface area (TPSA) is 237 Å². The van der Waals surface area contributed by atoms with Crippen LogP contribution < -0.4 is 0 Å². The number of phosphoric ester groups is 2. The highest BCUT2D eigenvalue weighted by atomic mass is 31.2. The van der Waals surface area contributed by atoms with Crippen molar-refractivity contribution < 1.29 is 80.2 Å². The molecule has 0 fully saturated rings. The maximum Gasteiger partial charge on any atom is 0.472 e. The molecule has 0 saturated carbocycles. The summed E-state index contributed by atoms with van der Waals surface area (Å²) in [5, 5.41) is 10.6. The molecule has 0 saturated heterocycles. The lowest BCUT2D eigenvalue weighted by Gasteiger charge is -2.21. The number of unbranched alkanes of at least 4 members (excludes halogenated alkanes) is 38. The number of aliphatic hydroxyl groups is 1.